The van der Waals surface area contributed by atoms with E-state index in [-0.39, 0.29) is 0 Å². The van der Waals surface area contributed by atoms with Gasteiger partial charge in [0.15, 0.2) is 0 Å². The van der Waals surface area contributed by atoms with Crippen molar-refractivity contribution in [2.24, 2.45) is 5.73 Å². The number of nitrogens with two attached hydrogens (primary N) is 1. The second kappa shape index (κ2) is 8.46. The number of aromatic nitrogens is 5. The molecule has 0 aliphatic carbocycles. The fourth-order valence-corrected chi connectivity index (χ4v) is 2.89. The van der Waals surface area contributed by atoms with Crippen molar-refractivity contribution in [1.82, 2.24) is 24.9 Å². The Balaban J connectivity index is 1.63. The maximum Gasteiger partial charge on any atom is 0.147 e. The van der Waals surface area contributed by atoms with Crippen molar-refractivity contribution in [3.8, 4) is 28.7 Å². The van der Waals surface area contributed by atoms with Gasteiger partial charge in [-0.25, -0.2) is 24.3 Å². The Bertz CT molecular complexity index is 1180. The molecule has 4 rings (SSSR count). The number of H-pyrrole nitrogens is 1. The Hall–Kier alpha value is -4.16. The number of hydrogen-bond acceptors (Lipinski definition) is 7. The largest absolute Gasteiger partial charge is 0.368 e. The van der Waals surface area contributed by atoms with E-state index in [2.05, 4.69) is 30.2 Å². The fraction of sp³-hybridized carbons (Fsp3) is 0.0952. The fourth-order valence-electron chi connectivity index (χ4n) is 2.89. The highest BCUT2D eigenvalue weighted by molar-refractivity contribution is 5.77. The molecule has 0 aliphatic heterocycles. The van der Waals surface area contributed by atoms with Crippen LogP contribution >= 0.6 is 0 Å². The summed E-state index contributed by atoms with van der Waals surface area (Å²) in [5, 5.41) is 11.9. The first kappa shape index (κ1) is 19.2. The lowest BCUT2D eigenvalue weighted by Gasteiger charge is -2.15. The number of anilines is 1. The summed E-state index contributed by atoms with van der Waals surface area (Å²) >= 11 is 0. The van der Waals surface area contributed by atoms with Gasteiger partial charge in [-0.2, -0.15) is 5.26 Å². The van der Waals surface area contributed by atoms with E-state index >= 15 is 0 Å². The summed E-state index contributed by atoms with van der Waals surface area (Å²) in [6.45, 7) is 0.301. The molecule has 1 unspecified atom stereocenters. The van der Waals surface area contributed by atoms with Crippen molar-refractivity contribution in [2.75, 3.05) is 11.9 Å². The predicted octanol–water partition coefficient (Wildman–Crippen LogP) is 3.05. The van der Waals surface area contributed by atoms with Crippen LogP contribution in [-0.2, 0) is 0 Å². The second-order valence-electron chi connectivity index (χ2n) is 6.44. The summed E-state index contributed by atoms with van der Waals surface area (Å²) in [5.41, 5.74) is 8.05. The van der Waals surface area contributed by atoms with Crippen molar-refractivity contribution in [3.05, 3.63) is 78.4 Å². The zero-order valence-corrected chi connectivity index (χ0v) is 15.7. The minimum Gasteiger partial charge on any atom is -0.368 e. The summed E-state index contributed by atoms with van der Waals surface area (Å²) in [6.07, 6.45) is 6.34. The molecule has 0 amide bonds. The molecule has 30 heavy (non-hydrogen) atoms. The first-order valence-electron chi connectivity index (χ1n) is 9.13. The molecule has 0 fully saturated rings. The summed E-state index contributed by atoms with van der Waals surface area (Å²) < 4.78 is 14.5. The molecule has 3 aromatic heterocycles. The number of rotatable bonds is 6. The first-order valence-corrected chi connectivity index (χ1v) is 9.13. The van der Waals surface area contributed by atoms with Crippen LogP contribution in [0.1, 0.15) is 17.4 Å². The summed E-state index contributed by atoms with van der Waals surface area (Å²) in [7, 11) is 0. The molecule has 1 aromatic carbocycles. The zero-order valence-electron chi connectivity index (χ0n) is 15.7. The number of halogens is 1. The van der Waals surface area contributed by atoms with Gasteiger partial charge in [0.05, 0.1) is 22.9 Å². The molecule has 0 spiro atoms. The van der Waals surface area contributed by atoms with Gasteiger partial charge in [0, 0.05) is 36.9 Å². The molecular formula is C21H17FN8. The van der Waals surface area contributed by atoms with Gasteiger partial charge in [0.2, 0.25) is 0 Å². The minimum absolute atomic E-state index is 0.301. The van der Waals surface area contributed by atoms with E-state index in [9.17, 15) is 4.39 Å². The number of pyridine rings is 1. The third-order valence-corrected chi connectivity index (χ3v) is 4.42. The maximum atomic E-state index is 14.5. The molecule has 0 saturated carbocycles. The Kier molecular flexibility index (Phi) is 5.41. The number of benzene rings is 1. The van der Waals surface area contributed by atoms with Gasteiger partial charge in [0.1, 0.15) is 29.4 Å². The SMILES string of the molecule is N#Cc1ccc(NCC(N)c2ncc(-c3ncc[nH]3)c(-c3ccccc3F)n2)nc1. The van der Waals surface area contributed by atoms with Gasteiger partial charge in [-0.15, -0.1) is 0 Å². The van der Waals surface area contributed by atoms with E-state index in [4.69, 9.17) is 11.0 Å². The molecule has 8 nitrogen and oxygen atoms in total. The van der Waals surface area contributed by atoms with Crippen molar-refractivity contribution in [2.45, 2.75) is 6.04 Å². The normalized spacial score (nSPS) is 11.6. The number of nitrogens with zero attached hydrogens (tertiary/aromatic N) is 5. The van der Waals surface area contributed by atoms with Crippen LogP contribution in [0.3, 0.4) is 0 Å². The standard InChI is InChI=1S/C21H17FN8/c22-16-4-2-1-3-14(16)19-15(20-25-7-8-26-20)11-29-21(30-19)17(24)12-28-18-6-5-13(9-23)10-27-18/h1-8,10-11,17H,12,24H2,(H,25,26)(H,27,28). The Morgan fingerprint density at radius 2 is 1.97 bits per heavy atom. The summed E-state index contributed by atoms with van der Waals surface area (Å²) in [5.74, 6) is 1.06. The van der Waals surface area contributed by atoms with Gasteiger partial charge in [-0.3, -0.25) is 0 Å². The molecule has 3 heterocycles. The van der Waals surface area contributed by atoms with E-state index < -0.39 is 11.9 Å². The van der Waals surface area contributed by atoms with Crippen LogP contribution in [0.4, 0.5) is 10.2 Å². The monoisotopic (exact) mass is 400 g/mol. The van der Waals surface area contributed by atoms with Crippen LogP contribution in [0.25, 0.3) is 22.6 Å². The van der Waals surface area contributed by atoms with E-state index in [0.29, 0.717) is 46.4 Å². The number of aromatic amines is 1. The van der Waals surface area contributed by atoms with Crippen LogP contribution in [0, 0.1) is 17.1 Å². The highest BCUT2D eigenvalue weighted by Crippen LogP contribution is 2.30. The Morgan fingerprint density at radius 1 is 1.10 bits per heavy atom. The van der Waals surface area contributed by atoms with E-state index in [1.165, 1.54) is 12.3 Å². The number of nitriles is 1. The van der Waals surface area contributed by atoms with Crippen LogP contribution in [0.5, 0.6) is 0 Å². The van der Waals surface area contributed by atoms with E-state index in [0.717, 1.165) is 0 Å². The van der Waals surface area contributed by atoms with E-state index in [1.807, 2.05) is 6.07 Å². The first-order chi connectivity index (χ1) is 14.7. The molecule has 0 aliphatic rings. The molecule has 9 heteroatoms. The van der Waals surface area contributed by atoms with Gasteiger partial charge < -0.3 is 16.0 Å². The van der Waals surface area contributed by atoms with Crippen molar-refractivity contribution in [1.29, 1.82) is 5.26 Å². The second-order valence-corrected chi connectivity index (χ2v) is 6.44. The van der Waals surface area contributed by atoms with Gasteiger partial charge >= 0.3 is 0 Å². The highest BCUT2D eigenvalue weighted by atomic mass is 19.1. The van der Waals surface area contributed by atoms with Gasteiger partial charge in [-0.05, 0) is 24.3 Å². The molecule has 0 radical (unpaired) electrons. The quantitative estimate of drug-likeness (QED) is 0.453. The zero-order chi connectivity index (χ0) is 20.9. The maximum absolute atomic E-state index is 14.5. The van der Waals surface area contributed by atoms with Crippen LogP contribution in [0.15, 0.2) is 61.2 Å². The summed E-state index contributed by atoms with van der Waals surface area (Å²) in [6, 6.07) is 11.2. The molecule has 148 valence electrons. The Morgan fingerprint density at radius 3 is 2.67 bits per heavy atom. The lowest BCUT2D eigenvalue weighted by atomic mass is 10.1. The number of imidazole rings is 1. The molecule has 1 atom stereocenters. The van der Waals surface area contributed by atoms with Crippen molar-refractivity contribution < 1.29 is 4.39 Å². The minimum atomic E-state index is -0.571. The average Bonchev–Trinajstić information content (AvgIpc) is 3.32. The number of nitrogens with one attached hydrogen (secondary N) is 2. The van der Waals surface area contributed by atoms with Crippen molar-refractivity contribution in [3.63, 3.8) is 0 Å². The van der Waals surface area contributed by atoms with E-state index in [1.54, 1.807) is 48.9 Å². The van der Waals surface area contributed by atoms with Gasteiger partial charge in [0.25, 0.3) is 0 Å². The molecule has 0 bridgehead atoms. The van der Waals surface area contributed by atoms with Crippen LogP contribution < -0.4 is 11.1 Å². The molecule has 4 N–H and O–H groups in total. The van der Waals surface area contributed by atoms with Crippen LogP contribution in [-0.4, -0.2) is 31.5 Å². The number of hydrogen-bond donors (Lipinski definition) is 3. The third-order valence-electron chi connectivity index (χ3n) is 4.42. The van der Waals surface area contributed by atoms with Gasteiger partial charge in [-0.1, -0.05) is 12.1 Å². The predicted molar refractivity (Wildman–Crippen MR) is 109 cm³/mol. The smallest absolute Gasteiger partial charge is 0.147 e. The molecule has 0 saturated heterocycles. The lowest BCUT2D eigenvalue weighted by molar-refractivity contribution is 0.630. The molecule has 4 aromatic rings. The highest BCUT2D eigenvalue weighted by Gasteiger charge is 2.19. The summed E-state index contributed by atoms with van der Waals surface area (Å²) in [4.78, 5) is 20.3. The average molecular weight is 400 g/mol. The lowest BCUT2D eigenvalue weighted by Crippen LogP contribution is -2.23. The molecular weight excluding hydrogens is 383 g/mol. The van der Waals surface area contributed by atoms with Crippen LogP contribution in [0.2, 0.25) is 0 Å². The third kappa shape index (κ3) is 3.99. The Labute approximate surface area is 171 Å². The van der Waals surface area contributed by atoms with Crippen molar-refractivity contribution >= 4 is 5.82 Å². The topological polar surface area (TPSA) is 129 Å².